The molecule has 1 saturated carbocycles. The van der Waals surface area contributed by atoms with E-state index in [1.807, 2.05) is 25.1 Å². The topological polar surface area (TPSA) is 59.8 Å². The third-order valence-electron chi connectivity index (χ3n) is 4.19. The van der Waals surface area contributed by atoms with E-state index < -0.39 is 0 Å². The number of nitrogens with one attached hydrogen (secondary N) is 1. The zero-order valence-corrected chi connectivity index (χ0v) is 15.1. The van der Waals surface area contributed by atoms with Crippen molar-refractivity contribution in [3.63, 3.8) is 0 Å². The minimum atomic E-state index is 0.0466. The lowest BCUT2D eigenvalue weighted by Gasteiger charge is -2.18. The number of rotatable bonds is 8. The SMILES string of the molecule is CCC[C@@H](NC(=O)CSc1nnc(C)n1C1CC1)c1ccccc1. The Kier molecular flexibility index (Phi) is 5.56. The molecule has 1 aliphatic rings. The van der Waals surface area contributed by atoms with Crippen LogP contribution in [0.5, 0.6) is 0 Å². The van der Waals surface area contributed by atoms with E-state index in [9.17, 15) is 4.79 Å². The third-order valence-corrected chi connectivity index (χ3v) is 5.14. The Labute approximate surface area is 147 Å². The smallest absolute Gasteiger partial charge is 0.230 e. The maximum atomic E-state index is 12.4. The molecule has 0 radical (unpaired) electrons. The summed E-state index contributed by atoms with van der Waals surface area (Å²) in [4.78, 5) is 12.4. The molecule has 1 atom stereocenters. The molecule has 1 aromatic carbocycles. The quantitative estimate of drug-likeness (QED) is 0.742. The Bertz CT molecular complexity index is 682. The van der Waals surface area contributed by atoms with E-state index >= 15 is 0 Å². The number of nitrogens with zero attached hydrogens (tertiary/aromatic N) is 3. The molecule has 1 amide bonds. The molecule has 1 aliphatic carbocycles. The maximum absolute atomic E-state index is 12.4. The van der Waals surface area contributed by atoms with E-state index in [0.717, 1.165) is 29.4 Å². The number of carbonyl (C=O) groups excluding carboxylic acids is 1. The minimum absolute atomic E-state index is 0.0466. The molecule has 1 fully saturated rings. The molecule has 6 heteroatoms. The van der Waals surface area contributed by atoms with Crippen molar-refractivity contribution < 1.29 is 4.79 Å². The van der Waals surface area contributed by atoms with Crippen LogP contribution in [0.15, 0.2) is 35.5 Å². The predicted molar refractivity (Wildman–Crippen MR) is 96.0 cm³/mol. The molecule has 0 unspecified atom stereocenters. The van der Waals surface area contributed by atoms with Crippen LogP contribution in [0.25, 0.3) is 0 Å². The lowest BCUT2D eigenvalue weighted by molar-refractivity contribution is -0.119. The molecule has 2 aromatic rings. The molecule has 1 N–H and O–H groups in total. The number of aryl methyl sites for hydroxylation is 1. The second kappa shape index (κ2) is 7.83. The van der Waals surface area contributed by atoms with Crippen LogP contribution in [0.4, 0.5) is 0 Å². The Morgan fingerprint density at radius 2 is 2.08 bits per heavy atom. The van der Waals surface area contributed by atoms with Gasteiger partial charge < -0.3 is 9.88 Å². The van der Waals surface area contributed by atoms with E-state index in [1.165, 1.54) is 24.6 Å². The Balaban J connectivity index is 1.58. The summed E-state index contributed by atoms with van der Waals surface area (Å²) in [6.45, 7) is 4.11. The summed E-state index contributed by atoms with van der Waals surface area (Å²) in [5.74, 6) is 1.36. The fraction of sp³-hybridized carbons (Fsp3) is 0.500. The molecule has 1 aromatic heterocycles. The van der Waals surface area contributed by atoms with Gasteiger partial charge in [-0.3, -0.25) is 4.79 Å². The van der Waals surface area contributed by atoms with Gasteiger partial charge in [0, 0.05) is 6.04 Å². The van der Waals surface area contributed by atoms with Crippen LogP contribution in [0.1, 0.15) is 56.1 Å². The van der Waals surface area contributed by atoms with E-state index in [1.54, 1.807) is 0 Å². The highest BCUT2D eigenvalue weighted by Gasteiger charge is 2.28. The normalized spacial score (nSPS) is 15.2. The Morgan fingerprint density at radius 1 is 1.33 bits per heavy atom. The van der Waals surface area contributed by atoms with Gasteiger partial charge in [-0.1, -0.05) is 55.4 Å². The van der Waals surface area contributed by atoms with Crippen molar-refractivity contribution in [3.05, 3.63) is 41.7 Å². The van der Waals surface area contributed by atoms with Crippen molar-refractivity contribution in [3.8, 4) is 0 Å². The predicted octanol–water partition coefficient (Wildman–Crippen LogP) is 3.67. The molecule has 3 rings (SSSR count). The van der Waals surface area contributed by atoms with Gasteiger partial charge in [0.1, 0.15) is 5.82 Å². The highest BCUT2D eigenvalue weighted by molar-refractivity contribution is 7.99. The zero-order valence-electron chi connectivity index (χ0n) is 14.2. The first kappa shape index (κ1) is 17.0. The van der Waals surface area contributed by atoms with Crippen LogP contribution in [-0.2, 0) is 4.79 Å². The van der Waals surface area contributed by atoms with Crippen LogP contribution in [0, 0.1) is 6.92 Å². The summed E-state index contributed by atoms with van der Waals surface area (Å²) in [5.41, 5.74) is 1.16. The average molecular weight is 344 g/mol. The van der Waals surface area contributed by atoms with Gasteiger partial charge in [-0.05, 0) is 31.7 Å². The molecule has 1 heterocycles. The van der Waals surface area contributed by atoms with E-state index in [-0.39, 0.29) is 11.9 Å². The number of aromatic nitrogens is 3. The number of benzene rings is 1. The minimum Gasteiger partial charge on any atom is -0.349 e. The number of carbonyl (C=O) groups is 1. The number of hydrogen-bond donors (Lipinski definition) is 1. The number of thioether (sulfide) groups is 1. The molecular formula is C18H24N4OS. The number of hydrogen-bond acceptors (Lipinski definition) is 4. The summed E-state index contributed by atoms with van der Waals surface area (Å²) in [5, 5.41) is 12.4. The average Bonchev–Trinajstić information content (AvgIpc) is 3.36. The first-order valence-electron chi connectivity index (χ1n) is 8.57. The van der Waals surface area contributed by atoms with Crippen molar-refractivity contribution in [1.82, 2.24) is 20.1 Å². The molecular weight excluding hydrogens is 320 g/mol. The molecule has 0 spiro atoms. The van der Waals surface area contributed by atoms with Crippen molar-refractivity contribution in [2.24, 2.45) is 0 Å². The Hall–Kier alpha value is -1.82. The van der Waals surface area contributed by atoms with Crippen molar-refractivity contribution in [1.29, 1.82) is 0 Å². The molecule has 0 aliphatic heterocycles. The summed E-state index contributed by atoms with van der Waals surface area (Å²) in [7, 11) is 0. The van der Waals surface area contributed by atoms with Gasteiger partial charge in [-0.25, -0.2) is 0 Å². The van der Waals surface area contributed by atoms with E-state index in [4.69, 9.17) is 0 Å². The van der Waals surface area contributed by atoms with Crippen LogP contribution in [0.2, 0.25) is 0 Å². The number of amides is 1. The van der Waals surface area contributed by atoms with Crippen molar-refractivity contribution in [2.75, 3.05) is 5.75 Å². The molecule has 0 bridgehead atoms. The fourth-order valence-corrected chi connectivity index (χ4v) is 3.73. The summed E-state index contributed by atoms with van der Waals surface area (Å²) >= 11 is 1.48. The lowest BCUT2D eigenvalue weighted by atomic mass is 10.0. The lowest BCUT2D eigenvalue weighted by Crippen LogP contribution is -2.30. The highest BCUT2D eigenvalue weighted by atomic mass is 32.2. The monoisotopic (exact) mass is 344 g/mol. The molecule has 128 valence electrons. The van der Waals surface area contributed by atoms with Gasteiger partial charge >= 0.3 is 0 Å². The second-order valence-corrected chi connectivity index (χ2v) is 7.18. The van der Waals surface area contributed by atoms with E-state index in [2.05, 4.69) is 39.1 Å². The summed E-state index contributed by atoms with van der Waals surface area (Å²) < 4.78 is 2.17. The second-order valence-electron chi connectivity index (χ2n) is 6.24. The Morgan fingerprint density at radius 3 is 2.75 bits per heavy atom. The zero-order chi connectivity index (χ0) is 16.9. The van der Waals surface area contributed by atoms with Gasteiger partial charge in [-0.2, -0.15) is 0 Å². The first-order chi connectivity index (χ1) is 11.7. The highest BCUT2D eigenvalue weighted by Crippen LogP contribution is 2.38. The van der Waals surface area contributed by atoms with Crippen molar-refractivity contribution in [2.45, 2.75) is 56.8 Å². The third kappa shape index (κ3) is 4.17. The van der Waals surface area contributed by atoms with Gasteiger partial charge in [0.15, 0.2) is 5.16 Å². The van der Waals surface area contributed by atoms with Crippen LogP contribution >= 0.6 is 11.8 Å². The van der Waals surface area contributed by atoms with Crippen LogP contribution in [0.3, 0.4) is 0 Å². The molecule has 0 saturated heterocycles. The molecule has 24 heavy (non-hydrogen) atoms. The molecule has 5 nitrogen and oxygen atoms in total. The summed E-state index contributed by atoms with van der Waals surface area (Å²) in [6.07, 6.45) is 4.34. The maximum Gasteiger partial charge on any atom is 0.230 e. The standard InChI is InChI=1S/C18H24N4OS/c1-3-7-16(14-8-5-4-6-9-14)19-17(23)12-24-18-21-20-13(2)22(18)15-10-11-15/h4-6,8-9,15-16H,3,7,10-12H2,1-2H3,(H,19,23)/t16-/m1/s1. The van der Waals surface area contributed by atoms with Crippen molar-refractivity contribution >= 4 is 17.7 Å². The van der Waals surface area contributed by atoms with E-state index in [0.29, 0.717) is 11.8 Å². The van der Waals surface area contributed by atoms with Crippen LogP contribution in [-0.4, -0.2) is 26.4 Å². The largest absolute Gasteiger partial charge is 0.349 e. The van der Waals surface area contributed by atoms with Gasteiger partial charge in [0.05, 0.1) is 11.8 Å². The first-order valence-corrected chi connectivity index (χ1v) is 9.56. The van der Waals surface area contributed by atoms with Gasteiger partial charge in [-0.15, -0.1) is 10.2 Å². The summed E-state index contributed by atoms with van der Waals surface area (Å²) in [6, 6.07) is 10.8. The van der Waals surface area contributed by atoms with Crippen LogP contribution < -0.4 is 5.32 Å². The fourth-order valence-electron chi connectivity index (χ4n) is 2.86. The van der Waals surface area contributed by atoms with Gasteiger partial charge in [0.25, 0.3) is 0 Å². The van der Waals surface area contributed by atoms with Gasteiger partial charge in [0.2, 0.25) is 5.91 Å².